The van der Waals surface area contributed by atoms with Crippen molar-refractivity contribution in [1.29, 1.82) is 0 Å². The molecule has 2 atom stereocenters. The molecule has 10 nitrogen and oxygen atoms in total. The smallest absolute Gasteiger partial charge is 0.424 e. The first-order chi connectivity index (χ1) is 20.3. The molecular formula is C29H25F4N5O5. The number of hydrogen-bond acceptors (Lipinski definition) is 7. The van der Waals surface area contributed by atoms with Crippen molar-refractivity contribution in [3.63, 3.8) is 0 Å². The number of fused-ring (bicyclic) bond motifs is 1. The summed E-state index contributed by atoms with van der Waals surface area (Å²) in [5, 5.41) is 17.3. The molecule has 1 aliphatic heterocycles. The van der Waals surface area contributed by atoms with Crippen LogP contribution in [-0.4, -0.2) is 58.1 Å². The first kappa shape index (κ1) is 29.5. The highest BCUT2D eigenvalue weighted by atomic mass is 19.4. The van der Waals surface area contributed by atoms with Crippen LogP contribution < -0.4 is 20.5 Å². The minimum atomic E-state index is -5.35. The molecule has 4 aromatic rings. The third-order valence-electron chi connectivity index (χ3n) is 7.31. The lowest BCUT2D eigenvalue weighted by Crippen LogP contribution is -2.51. The summed E-state index contributed by atoms with van der Waals surface area (Å²) in [4.78, 5) is 29.3. The molecule has 0 fully saturated rings. The van der Waals surface area contributed by atoms with Gasteiger partial charge >= 0.3 is 6.18 Å². The first-order valence-electron chi connectivity index (χ1n) is 12.8. The third-order valence-corrected chi connectivity index (χ3v) is 7.31. The van der Waals surface area contributed by atoms with Crippen molar-refractivity contribution in [2.45, 2.75) is 24.1 Å². The Hall–Kier alpha value is -4.98. The molecule has 2 aromatic carbocycles. The molecule has 0 spiro atoms. The number of nitrogens with one attached hydrogen (secondary N) is 1. The molecule has 5 rings (SSSR count). The molecule has 1 unspecified atom stereocenters. The Labute approximate surface area is 242 Å². The number of aliphatic hydroxyl groups is 1. The van der Waals surface area contributed by atoms with Crippen LogP contribution >= 0.6 is 0 Å². The highest BCUT2D eigenvalue weighted by Gasteiger charge is 2.57. The maximum absolute atomic E-state index is 14.6. The third kappa shape index (κ3) is 5.25. The second kappa shape index (κ2) is 10.7. The van der Waals surface area contributed by atoms with Crippen molar-refractivity contribution >= 4 is 11.8 Å². The largest absolute Gasteiger partial charge is 0.497 e. The normalized spacial score (nSPS) is 17.5. The van der Waals surface area contributed by atoms with Crippen LogP contribution in [-0.2, 0) is 15.8 Å². The summed E-state index contributed by atoms with van der Waals surface area (Å²) in [6.45, 7) is -0.253. The summed E-state index contributed by atoms with van der Waals surface area (Å²) in [6, 6.07) is 12.2. The van der Waals surface area contributed by atoms with Crippen molar-refractivity contribution < 1.29 is 41.7 Å². The van der Waals surface area contributed by atoms with Gasteiger partial charge in [-0.3, -0.25) is 9.59 Å². The number of carbonyl (C=O) groups excluding carboxylic acids is 2. The summed E-state index contributed by atoms with van der Waals surface area (Å²) < 4.78 is 69.4. The Morgan fingerprint density at radius 1 is 1.16 bits per heavy atom. The number of benzene rings is 2. The maximum Gasteiger partial charge on any atom is 0.424 e. The number of hydrogen-bond donors (Lipinski definition) is 3. The zero-order valence-corrected chi connectivity index (χ0v) is 22.8. The monoisotopic (exact) mass is 599 g/mol. The number of aromatic nitrogens is 3. The molecule has 1 aliphatic rings. The number of alkyl halides is 3. The molecule has 224 valence electrons. The van der Waals surface area contributed by atoms with E-state index in [0.717, 1.165) is 24.4 Å². The van der Waals surface area contributed by atoms with Gasteiger partial charge in [-0.25, -0.2) is 14.1 Å². The second-order valence-corrected chi connectivity index (χ2v) is 10.1. The Kier molecular flexibility index (Phi) is 7.34. The van der Waals surface area contributed by atoms with Crippen LogP contribution in [0.3, 0.4) is 0 Å². The number of ether oxygens (including phenoxy) is 2. The van der Waals surface area contributed by atoms with Crippen molar-refractivity contribution in [3.05, 3.63) is 89.6 Å². The minimum absolute atomic E-state index is 0.0313. The van der Waals surface area contributed by atoms with Crippen LogP contribution in [0.5, 0.6) is 11.5 Å². The number of primary amides is 1. The molecule has 3 heterocycles. The van der Waals surface area contributed by atoms with E-state index < -0.39 is 47.1 Å². The summed E-state index contributed by atoms with van der Waals surface area (Å²) in [6.07, 6.45) is -2.89. The Bertz CT molecular complexity index is 1690. The van der Waals surface area contributed by atoms with Gasteiger partial charge in [-0.05, 0) is 61.5 Å². The average molecular weight is 600 g/mol. The van der Waals surface area contributed by atoms with Gasteiger partial charge in [0.15, 0.2) is 0 Å². The van der Waals surface area contributed by atoms with Crippen LogP contribution in [0.2, 0.25) is 0 Å². The summed E-state index contributed by atoms with van der Waals surface area (Å²) in [5.74, 6) is -1.88. The van der Waals surface area contributed by atoms with E-state index in [2.05, 4.69) is 15.4 Å². The van der Waals surface area contributed by atoms with Gasteiger partial charge in [0.05, 0.1) is 36.8 Å². The van der Waals surface area contributed by atoms with Gasteiger partial charge in [0.2, 0.25) is 11.5 Å². The Balaban J connectivity index is 1.51. The average Bonchev–Trinajstić information content (AvgIpc) is 3.61. The van der Waals surface area contributed by atoms with Gasteiger partial charge in [0.25, 0.3) is 5.91 Å². The number of carbonyl (C=O) groups is 2. The topological polar surface area (TPSA) is 142 Å². The van der Waals surface area contributed by atoms with Crippen molar-refractivity contribution in [2.24, 2.45) is 5.73 Å². The highest BCUT2D eigenvalue weighted by Crippen LogP contribution is 2.47. The van der Waals surface area contributed by atoms with Gasteiger partial charge < -0.3 is 25.6 Å². The van der Waals surface area contributed by atoms with Crippen LogP contribution in [0.1, 0.15) is 28.5 Å². The fraction of sp³-hybridized carbons (Fsp3) is 0.241. The number of nitrogens with two attached hydrogens (primary N) is 1. The molecule has 0 bridgehead atoms. The predicted octanol–water partition coefficient (Wildman–Crippen LogP) is 3.40. The number of amides is 2. The molecule has 0 saturated carbocycles. The van der Waals surface area contributed by atoms with E-state index in [0.29, 0.717) is 11.4 Å². The van der Waals surface area contributed by atoms with Gasteiger partial charge in [-0.15, -0.1) is 0 Å². The standard InChI is InChI=1S/C29H25F4N5O5/c1-27(26(34)40)15-43-24-21(27)11-22(37-23(24)16-3-5-18(30)6-4-16)28(41,29(31,32)33)14-35-25(39)17-12-36-38(13-17)19-7-9-20(42-2)10-8-19/h3-13,41H,14-15H2,1-2H3,(H2,34,40)(H,35,39)/t27-,28?/m0/s1. The summed E-state index contributed by atoms with van der Waals surface area (Å²) in [7, 11) is 1.50. The van der Waals surface area contributed by atoms with Gasteiger partial charge in [-0.1, -0.05) is 0 Å². The lowest BCUT2D eigenvalue weighted by molar-refractivity contribution is -0.265. The lowest BCUT2D eigenvalue weighted by Gasteiger charge is -2.31. The molecule has 43 heavy (non-hydrogen) atoms. The summed E-state index contributed by atoms with van der Waals surface area (Å²) >= 11 is 0. The van der Waals surface area contributed by atoms with Gasteiger partial charge in [0, 0.05) is 17.3 Å². The summed E-state index contributed by atoms with van der Waals surface area (Å²) in [5.41, 5.74) is -0.212. The molecule has 4 N–H and O–H groups in total. The number of pyridine rings is 1. The second-order valence-electron chi connectivity index (χ2n) is 10.1. The van der Waals surface area contributed by atoms with Gasteiger partial charge in [0.1, 0.15) is 35.0 Å². The number of methoxy groups -OCH3 is 1. The fourth-order valence-electron chi connectivity index (χ4n) is 4.57. The molecule has 2 amide bonds. The molecule has 2 aromatic heterocycles. The van der Waals surface area contributed by atoms with Crippen molar-refractivity contribution in [1.82, 2.24) is 20.1 Å². The van der Waals surface area contributed by atoms with Crippen LogP contribution in [0.4, 0.5) is 17.6 Å². The van der Waals surface area contributed by atoms with E-state index in [1.54, 1.807) is 24.3 Å². The zero-order chi connectivity index (χ0) is 31.2. The van der Waals surface area contributed by atoms with E-state index in [9.17, 15) is 32.3 Å². The SMILES string of the molecule is COc1ccc(-n2cc(C(=O)NCC(O)(c3cc4c(c(-c5ccc(F)cc5)n3)OC[C@]4(C)C(N)=O)C(F)(F)F)cn2)cc1. The van der Waals surface area contributed by atoms with Gasteiger partial charge in [-0.2, -0.15) is 18.3 Å². The molecule has 0 radical (unpaired) electrons. The lowest BCUT2D eigenvalue weighted by atomic mass is 9.81. The fourth-order valence-corrected chi connectivity index (χ4v) is 4.57. The van der Waals surface area contributed by atoms with E-state index in [4.69, 9.17) is 15.2 Å². The van der Waals surface area contributed by atoms with Crippen molar-refractivity contribution in [3.8, 4) is 28.4 Å². The molecule has 0 saturated heterocycles. The molecule has 14 heteroatoms. The van der Waals surface area contributed by atoms with Crippen LogP contribution in [0, 0.1) is 5.82 Å². The molecule has 0 aliphatic carbocycles. The Morgan fingerprint density at radius 3 is 2.44 bits per heavy atom. The van der Waals surface area contributed by atoms with E-state index in [-0.39, 0.29) is 34.7 Å². The van der Waals surface area contributed by atoms with E-state index in [1.165, 1.54) is 37.0 Å². The number of nitrogens with zero attached hydrogens (tertiary/aromatic N) is 3. The zero-order valence-electron chi connectivity index (χ0n) is 22.8. The number of halogens is 4. The van der Waals surface area contributed by atoms with E-state index in [1.807, 2.05) is 0 Å². The maximum atomic E-state index is 14.6. The highest BCUT2D eigenvalue weighted by molar-refractivity contribution is 5.94. The Morgan fingerprint density at radius 2 is 1.84 bits per heavy atom. The van der Waals surface area contributed by atoms with Crippen molar-refractivity contribution in [2.75, 3.05) is 20.3 Å². The quantitative estimate of drug-likeness (QED) is 0.264. The number of rotatable bonds is 8. The predicted molar refractivity (Wildman–Crippen MR) is 144 cm³/mol. The minimum Gasteiger partial charge on any atom is -0.497 e. The molecular weight excluding hydrogens is 574 g/mol. The van der Waals surface area contributed by atoms with Crippen LogP contribution in [0.15, 0.2) is 67.0 Å². The van der Waals surface area contributed by atoms with E-state index >= 15 is 0 Å². The first-order valence-corrected chi connectivity index (χ1v) is 12.8. The van der Waals surface area contributed by atoms with Crippen LogP contribution in [0.25, 0.3) is 16.9 Å².